The van der Waals surface area contributed by atoms with Crippen LogP contribution < -0.4 is 5.32 Å². The quantitative estimate of drug-likeness (QED) is 0.802. The van der Waals surface area contributed by atoms with Gasteiger partial charge in [-0.1, -0.05) is 0 Å². The highest BCUT2D eigenvalue weighted by atomic mass is 19.1. The van der Waals surface area contributed by atoms with Crippen LogP contribution in [0.5, 0.6) is 0 Å². The fourth-order valence-electron chi connectivity index (χ4n) is 1.91. The van der Waals surface area contributed by atoms with E-state index in [1.165, 1.54) is 25.0 Å². The summed E-state index contributed by atoms with van der Waals surface area (Å²) in [6, 6.07) is 4.35. The van der Waals surface area contributed by atoms with E-state index >= 15 is 0 Å². The van der Waals surface area contributed by atoms with Crippen LogP contribution in [-0.4, -0.2) is 37.6 Å². The van der Waals surface area contributed by atoms with Gasteiger partial charge in [0, 0.05) is 25.7 Å². The molecule has 0 atom stereocenters. The van der Waals surface area contributed by atoms with Gasteiger partial charge >= 0.3 is 0 Å². The first-order valence-electron chi connectivity index (χ1n) is 6.51. The second-order valence-electron chi connectivity index (χ2n) is 5.02. The molecule has 0 aliphatic heterocycles. The molecule has 1 aromatic carbocycles. The number of hydrogen-bond donors (Lipinski definition) is 1. The van der Waals surface area contributed by atoms with Crippen LogP contribution in [0.3, 0.4) is 0 Å². The zero-order chi connectivity index (χ0) is 13.0. The Kier molecular flexibility index (Phi) is 4.66. The monoisotopic (exact) mass is 254 g/mol. The molecule has 0 radical (unpaired) electrons. The number of nitrogens with one attached hydrogen (secondary N) is 1. The molecule has 1 aliphatic carbocycles. The summed E-state index contributed by atoms with van der Waals surface area (Å²) in [5.74, 6) is -0.689. The third-order valence-corrected chi connectivity index (χ3v) is 3.27. The van der Waals surface area contributed by atoms with Crippen LogP contribution in [-0.2, 0) is 6.42 Å². The zero-order valence-electron chi connectivity index (χ0n) is 10.8. The summed E-state index contributed by atoms with van der Waals surface area (Å²) in [6.45, 7) is 2.65. The predicted octanol–water partition coefficient (Wildman–Crippen LogP) is 2.19. The van der Waals surface area contributed by atoms with Crippen LogP contribution in [0.25, 0.3) is 0 Å². The van der Waals surface area contributed by atoms with E-state index in [2.05, 4.69) is 10.2 Å². The van der Waals surface area contributed by atoms with E-state index < -0.39 is 0 Å². The van der Waals surface area contributed by atoms with Gasteiger partial charge in [-0.05, 0) is 50.1 Å². The fraction of sp³-hybridized carbons (Fsp3) is 0.571. The van der Waals surface area contributed by atoms with Crippen molar-refractivity contribution in [3.63, 3.8) is 0 Å². The van der Waals surface area contributed by atoms with Gasteiger partial charge in [0.05, 0.1) is 0 Å². The highest BCUT2D eigenvalue weighted by molar-refractivity contribution is 5.18. The van der Waals surface area contributed by atoms with Crippen molar-refractivity contribution in [1.29, 1.82) is 0 Å². The Bertz CT molecular complexity index is 391. The summed E-state index contributed by atoms with van der Waals surface area (Å²) in [5.41, 5.74) is 0.456. The molecule has 18 heavy (non-hydrogen) atoms. The van der Waals surface area contributed by atoms with Gasteiger partial charge in [0.1, 0.15) is 11.6 Å². The maximum Gasteiger partial charge on any atom is 0.126 e. The average molecular weight is 254 g/mol. The smallest absolute Gasteiger partial charge is 0.126 e. The molecular weight excluding hydrogens is 234 g/mol. The highest BCUT2D eigenvalue weighted by Gasteiger charge is 2.19. The second kappa shape index (κ2) is 6.25. The standard InChI is InChI=1S/C14H20F2N2/c1-18(9-7-17-13-3-4-13)8-6-11-10-12(15)2-5-14(11)16/h2,5,10,13,17H,3-4,6-9H2,1H3. The van der Waals surface area contributed by atoms with Crippen LogP contribution in [0.15, 0.2) is 18.2 Å². The van der Waals surface area contributed by atoms with Gasteiger partial charge in [-0.15, -0.1) is 0 Å². The molecule has 0 heterocycles. The number of hydrogen-bond acceptors (Lipinski definition) is 2. The molecule has 0 bridgehead atoms. The topological polar surface area (TPSA) is 15.3 Å². The van der Waals surface area contributed by atoms with E-state index in [9.17, 15) is 8.78 Å². The fourth-order valence-corrected chi connectivity index (χ4v) is 1.91. The summed E-state index contributed by atoms with van der Waals surface area (Å²) in [6.07, 6.45) is 3.12. The SMILES string of the molecule is CN(CCNC1CC1)CCc1cc(F)ccc1F. The molecule has 0 saturated heterocycles. The summed E-state index contributed by atoms with van der Waals surface area (Å²) in [5, 5.41) is 3.43. The second-order valence-corrected chi connectivity index (χ2v) is 5.02. The Morgan fingerprint density at radius 1 is 1.28 bits per heavy atom. The van der Waals surface area contributed by atoms with Crippen molar-refractivity contribution in [3.8, 4) is 0 Å². The van der Waals surface area contributed by atoms with E-state index in [4.69, 9.17) is 0 Å². The van der Waals surface area contributed by atoms with Gasteiger partial charge in [0.25, 0.3) is 0 Å². The van der Waals surface area contributed by atoms with Gasteiger partial charge in [0.15, 0.2) is 0 Å². The molecule has 1 N–H and O–H groups in total. The van der Waals surface area contributed by atoms with E-state index in [1.54, 1.807) is 0 Å². The lowest BCUT2D eigenvalue weighted by Crippen LogP contribution is -2.31. The molecular formula is C14H20F2N2. The van der Waals surface area contributed by atoms with Crippen LogP contribution in [0.1, 0.15) is 18.4 Å². The molecule has 1 aliphatic rings. The van der Waals surface area contributed by atoms with Crippen molar-refractivity contribution < 1.29 is 8.78 Å². The van der Waals surface area contributed by atoms with Crippen LogP contribution in [0.2, 0.25) is 0 Å². The molecule has 4 heteroatoms. The third-order valence-electron chi connectivity index (χ3n) is 3.27. The van der Waals surface area contributed by atoms with Crippen LogP contribution in [0, 0.1) is 11.6 Å². The van der Waals surface area contributed by atoms with Crippen molar-refractivity contribution in [1.82, 2.24) is 10.2 Å². The highest BCUT2D eigenvalue weighted by Crippen LogP contribution is 2.18. The van der Waals surface area contributed by atoms with Crippen molar-refractivity contribution >= 4 is 0 Å². The first-order chi connectivity index (χ1) is 8.65. The number of likely N-dealkylation sites (N-methyl/N-ethyl adjacent to an activating group) is 1. The van der Waals surface area contributed by atoms with E-state index in [0.717, 1.165) is 31.7 Å². The van der Waals surface area contributed by atoms with E-state index in [0.29, 0.717) is 12.0 Å². The Balaban J connectivity index is 1.70. The molecule has 1 aromatic rings. The van der Waals surface area contributed by atoms with Crippen molar-refractivity contribution in [2.24, 2.45) is 0 Å². The van der Waals surface area contributed by atoms with Gasteiger partial charge in [0.2, 0.25) is 0 Å². The normalized spacial score (nSPS) is 15.3. The third kappa shape index (κ3) is 4.35. The summed E-state index contributed by atoms with van der Waals surface area (Å²) in [4.78, 5) is 2.14. The molecule has 100 valence electrons. The van der Waals surface area contributed by atoms with Crippen molar-refractivity contribution in [2.45, 2.75) is 25.3 Å². The maximum atomic E-state index is 13.4. The lowest BCUT2D eigenvalue weighted by molar-refractivity contribution is 0.333. The Hall–Kier alpha value is -1.00. The minimum absolute atomic E-state index is 0.319. The number of halogens is 2. The van der Waals surface area contributed by atoms with Crippen LogP contribution >= 0.6 is 0 Å². The molecule has 0 amide bonds. The van der Waals surface area contributed by atoms with Gasteiger partial charge in [-0.25, -0.2) is 8.78 Å². The number of benzene rings is 1. The molecule has 1 saturated carbocycles. The molecule has 1 fully saturated rings. The van der Waals surface area contributed by atoms with Gasteiger partial charge in [-0.2, -0.15) is 0 Å². The van der Waals surface area contributed by atoms with Crippen molar-refractivity contribution in [3.05, 3.63) is 35.4 Å². The summed E-state index contributed by atoms with van der Waals surface area (Å²) in [7, 11) is 2.01. The maximum absolute atomic E-state index is 13.4. The Labute approximate surface area is 107 Å². The van der Waals surface area contributed by atoms with Gasteiger partial charge in [-0.3, -0.25) is 0 Å². The predicted molar refractivity (Wildman–Crippen MR) is 68.6 cm³/mol. The number of rotatable bonds is 7. The minimum atomic E-state index is -0.371. The summed E-state index contributed by atoms with van der Waals surface area (Å²) < 4.78 is 26.4. The first-order valence-corrected chi connectivity index (χ1v) is 6.51. The summed E-state index contributed by atoms with van der Waals surface area (Å²) >= 11 is 0. The lowest BCUT2D eigenvalue weighted by Gasteiger charge is -2.17. The molecule has 0 aromatic heterocycles. The van der Waals surface area contributed by atoms with Crippen molar-refractivity contribution in [2.75, 3.05) is 26.7 Å². The lowest BCUT2D eigenvalue weighted by atomic mass is 10.1. The van der Waals surface area contributed by atoms with E-state index in [-0.39, 0.29) is 11.6 Å². The largest absolute Gasteiger partial charge is 0.313 e. The minimum Gasteiger partial charge on any atom is -0.313 e. The first kappa shape index (κ1) is 13.4. The van der Waals surface area contributed by atoms with Crippen LogP contribution in [0.4, 0.5) is 8.78 Å². The Morgan fingerprint density at radius 3 is 2.78 bits per heavy atom. The number of nitrogens with zero attached hydrogens (tertiary/aromatic N) is 1. The van der Waals surface area contributed by atoms with Gasteiger partial charge < -0.3 is 10.2 Å². The Morgan fingerprint density at radius 2 is 2.06 bits per heavy atom. The van der Waals surface area contributed by atoms with E-state index in [1.807, 2.05) is 7.05 Å². The zero-order valence-corrected chi connectivity index (χ0v) is 10.8. The molecule has 0 spiro atoms. The molecule has 0 unspecified atom stereocenters. The average Bonchev–Trinajstić information content (AvgIpc) is 3.14. The molecule has 2 rings (SSSR count). The molecule has 2 nitrogen and oxygen atoms in total.